The second-order valence-corrected chi connectivity index (χ2v) is 6.96. The molecular weight excluding hydrogens is 376 g/mol. The molecule has 0 saturated heterocycles. The number of benzene rings is 3. The van der Waals surface area contributed by atoms with Crippen LogP contribution in [0.15, 0.2) is 78.9 Å². The lowest BCUT2D eigenvalue weighted by Crippen LogP contribution is -2.23. The number of anilines is 1. The molecule has 0 radical (unpaired) electrons. The fourth-order valence-electron chi connectivity index (χ4n) is 2.89. The van der Waals surface area contributed by atoms with Crippen molar-refractivity contribution in [1.29, 1.82) is 0 Å². The Morgan fingerprint density at radius 2 is 1.47 bits per heavy atom. The third-order valence-electron chi connectivity index (χ3n) is 4.59. The molecule has 3 aromatic rings. The maximum Gasteiger partial charge on any atom is 0.251 e. The van der Waals surface area contributed by atoms with Crippen LogP contribution >= 0.6 is 0 Å². The Kier molecular flexibility index (Phi) is 7.75. The van der Waals surface area contributed by atoms with E-state index in [9.17, 15) is 9.59 Å². The summed E-state index contributed by atoms with van der Waals surface area (Å²) in [5.41, 5.74) is 4.37. The molecule has 5 nitrogen and oxygen atoms in total. The standard InChI is InChI=1S/C25H26N2O3/c1-2-24(28)27-23-10-6-9-22(15-23)25(29)26-16-19-11-13-21(14-12-19)18-30-17-20-7-4-3-5-8-20/h3-15H,2,16-18H2,1H3,(H,26,29)(H,27,28). The predicted octanol–water partition coefficient (Wildman–Crippen LogP) is 4.68. The molecule has 0 bridgehead atoms. The first kappa shape index (κ1) is 21.3. The van der Waals surface area contributed by atoms with Gasteiger partial charge in [-0.05, 0) is 34.9 Å². The van der Waals surface area contributed by atoms with E-state index in [4.69, 9.17) is 4.74 Å². The largest absolute Gasteiger partial charge is 0.372 e. The van der Waals surface area contributed by atoms with Gasteiger partial charge in [-0.15, -0.1) is 0 Å². The van der Waals surface area contributed by atoms with Crippen LogP contribution in [0.25, 0.3) is 0 Å². The summed E-state index contributed by atoms with van der Waals surface area (Å²) in [6.45, 7) is 3.33. The first-order valence-corrected chi connectivity index (χ1v) is 10.0. The van der Waals surface area contributed by atoms with Gasteiger partial charge in [0.05, 0.1) is 13.2 Å². The minimum absolute atomic E-state index is 0.0830. The summed E-state index contributed by atoms with van der Waals surface area (Å²) in [6.07, 6.45) is 0.393. The Labute approximate surface area is 177 Å². The number of carbonyl (C=O) groups excluding carboxylic acids is 2. The number of amides is 2. The molecule has 2 amide bonds. The fourth-order valence-corrected chi connectivity index (χ4v) is 2.89. The summed E-state index contributed by atoms with van der Waals surface area (Å²) in [6, 6.07) is 25.0. The van der Waals surface area contributed by atoms with Crippen LogP contribution in [0.1, 0.15) is 40.4 Å². The normalized spacial score (nSPS) is 10.4. The third-order valence-corrected chi connectivity index (χ3v) is 4.59. The van der Waals surface area contributed by atoms with Crippen molar-refractivity contribution in [2.24, 2.45) is 0 Å². The minimum atomic E-state index is -0.183. The van der Waals surface area contributed by atoms with Crippen LogP contribution in [0.2, 0.25) is 0 Å². The van der Waals surface area contributed by atoms with E-state index in [0.29, 0.717) is 37.4 Å². The SMILES string of the molecule is CCC(=O)Nc1cccc(C(=O)NCc2ccc(COCc3ccccc3)cc2)c1. The average molecular weight is 402 g/mol. The summed E-state index contributed by atoms with van der Waals surface area (Å²) in [5.74, 6) is -0.265. The van der Waals surface area contributed by atoms with Gasteiger partial charge in [0.2, 0.25) is 5.91 Å². The molecule has 3 aromatic carbocycles. The van der Waals surface area contributed by atoms with E-state index in [1.54, 1.807) is 31.2 Å². The summed E-state index contributed by atoms with van der Waals surface area (Å²) in [4.78, 5) is 23.9. The van der Waals surface area contributed by atoms with Crippen LogP contribution in [0.4, 0.5) is 5.69 Å². The number of hydrogen-bond donors (Lipinski definition) is 2. The smallest absolute Gasteiger partial charge is 0.251 e. The number of hydrogen-bond acceptors (Lipinski definition) is 3. The Balaban J connectivity index is 1.47. The van der Waals surface area contributed by atoms with Gasteiger partial charge in [-0.1, -0.05) is 67.6 Å². The van der Waals surface area contributed by atoms with E-state index in [1.807, 2.05) is 54.6 Å². The van der Waals surface area contributed by atoms with Gasteiger partial charge < -0.3 is 15.4 Å². The van der Waals surface area contributed by atoms with Crippen LogP contribution in [0.5, 0.6) is 0 Å². The summed E-state index contributed by atoms with van der Waals surface area (Å²) < 4.78 is 5.75. The maximum atomic E-state index is 12.4. The highest BCUT2D eigenvalue weighted by Gasteiger charge is 2.07. The summed E-state index contributed by atoms with van der Waals surface area (Å²) in [7, 11) is 0. The lowest BCUT2D eigenvalue weighted by Gasteiger charge is -2.09. The molecule has 0 saturated carbocycles. The zero-order valence-corrected chi connectivity index (χ0v) is 17.1. The van der Waals surface area contributed by atoms with Crippen molar-refractivity contribution in [2.45, 2.75) is 33.1 Å². The molecule has 0 fully saturated rings. The molecular formula is C25H26N2O3. The molecule has 5 heteroatoms. The van der Waals surface area contributed by atoms with Gasteiger partial charge >= 0.3 is 0 Å². The summed E-state index contributed by atoms with van der Waals surface area (Å²) in [5, 5.41) is 5.67. The lowest BCUT2D eigenvalue weighted by molar-refractivity contribution is -0.115. The Bertz CT molecular complexity index is 969. The number of nitrogens with one attached hydrogen (secondary N) is 2. The zero-order valence-electron chi connectivity index (χ0n) is 17.1. The van der Waals surface area contributed by atoms with Crippen molar-refractivity contribution in [1.82, 2.24) is 5.32 Å². The van der Waals surface area contributed by atoms with Gasteiger partial charge in [-0.3, -0.25) is 9.59 Å². The Hall–Kier alpha value is -3.44. The van der Waals surface area contributed by atoms with E-state index in [1.165, 1.54) is 0 Å². The van der Waals surface area contributed by atoms with E-state index in [0.717, 1.165) is 16.7 Å². The molecule has 154 valence electrons. The Morgan fingerprint density at radius 1 is 0.800 bits per heavy atom. The van der Waals surface area contributed by atoms with Crippen molar-refractivity contribution >= 4 is 17.5 Å². The van der Waals surface area contributed by atoms with Gasteiger partial charge in [0.15, 0.2) is 0 Å². The highest BCUT2D eigenvalue weighted by molar-refractivity contribution is 5.97. The molecule has 3 rings (SSSR count). The first-order chi connectivity index (χ1) is 14.6. The second-order valence-electron chi connectivity index (χ2n) is 6.96. The second kappa shape index (κ2) is 10.9. The average Bonchev–Trinajstić information content (AvgIpc) is 2.79. The van der Waals surface area contributed by atoms with Crippen molar-refractivity contribution in [3.8, 4) is 0 Å². The molecule has 0 spiro atoms. The molecule has 0 aliphatic carbocycles. The summed E-state index contributed by atoms with van der Waals surface area (Å²) >= 11 is 0. The van der Waals surface area contributed by atoms with Crippen LogP contribution < -0.4 is 10.6 Å². The van der Waals surface area contributed by atoms with Gasteiger partial charge in [-0.25, -0.2) is 0 Å². The number of carbonyl (C=O) groups is 2. The van der Waals surface area contributed by atoms with Crippen molar-refractivity contribution in [3.05, 3.63) is 101 Å². The van der Waals surface area contributed by atoms with Gasteiger partial charge in [0, 0.05) is 24.2 Å². The topological polar surface area (TPSA) is 67.4 Å². The van der Waals surface area contributed by atoms with Crippen LogP contribution in [-0.2, 0) is 29.3 Å². The lowest BCUT2D eigenvalue weighted by atomic mass is 10.1. The van der Waals surface area contributed by atoms with E-state index in [2.05, 4.69) is 10.6 Å². The molecule has 0 aromatic heterocycles. The van der Waals surface area contributed by atoms with Crippen molar-refractivity contribution < 1.29 is 14.3 Å². The molecule has 0 atom stereocenters. The molecule has 0 aliphatic rings. The highest BCUT2D eigenvalue weighted by Crippen LogP contribution is 2.12. The van der Waals surface area contributed by atoms with Crippen LogP contribution in [0, 0.1) is 0 Å². The molecule has 0 aliphatic heterocycles. The molecule has 0 heterocycles. The molecule has 0 unspecified atom stereocenters. The predicted molar refractivity (Wildman–Crippen MR) is 118 cm³/mol. The van der Waals surface area contributed by atoms with Crippen molar-refractivity contribution in [2.75, 3.05) is 5.32 Å². The minimum Gasteiger partial charge on any atom is -0.372 e. The number of ether oxygens (including phenoxy) is 1. The fraction of sp³-hybridized carbons (Fsp3) is 0.200. The van der Waals surface area contributed by atoms with Gasteiger partial charge in [0.1, 0.15) is 0 Å². The number of rotatable bonds is 9. The zero-order chi connectivity index (χ0) is 21.2. The van der Waals surface area contributed by atoms with E-state index < -0.39 is 0 Å². The third kappa shape index (κ3) is 6.57. The van der Waals surface area contributed by atoms with E-state index in [-0.39, 0.29) is 11.8 Å². The quantitative estimate of drug-likeness (QED) is 0.546. The highest BCUT2D eigenvalue weighted by atomic mass is 16.5. The van der Waals surface area contributed by atoms with Gasteiger partial charge in [0.25, 0.3) is 5.91 Å². The van der Waals surface area contributed by atoms with Crippen molar-refractivity contribution in [3.63, 3.8) is 0 Å². The van der Waals surface area contributed by atoms with Gasteiger partial charge in [-0.2, -0.15) is 0 Å². The van der Waals surface area contributed by atoms with Crippen LogP contribution in [0.3, 0.4) is 0 Å². The van der Waals surface area contributed by atoms with E-state index >= 15 is 0 Å². The molecule has 30 heavy (non-hydrogen) atoms. The maximum absolute atomic E-state index is 12.4. The monoisotopic (exact) mass is 402 g/mol. The Morgan fingerprint density at radius 3 is 2.17 bits per heavy atom. The first-order valence-electron chi connectivity index (χ1n) is 10.0. The van der Waals surface area contributed by atoms with Crippen LogP contribution in [-0.4, -0.2) is 11.8 Å². The molecule has 2 N–H and O–H groups in total.